The second kappa shape index (κ2) is 32.2. The number of benzene rings is 4. The van der Waals surface area contributed by atoms with Crippen LogP contribution in [0, 0.1) is 24.4 Å². The zero-order chi connectivity index (χ0) is 72.4. The Morgan fingerprint density at radius 2 is 1.15 bits per heavy atom. The zero-order valence-electron chi connectivity index (χ0n) is 59.4. The normalized spacial score (nSPS) is 17.3. The zero-order valence-corrected chi connectivity index (χ0v) is 59.4. The maximum atomic E-state index is 14.6. The smallest absolute Gasteiger partial charge is 0.491 e. The summed E-state index contributed by atoms with van der Waals surface area (Å²) in [5.74, 6) is -0.285. The van der Waals surface area contributed by atoms with Crippen LogP contribution >= 0.6 is 0 Å². The number of carbonyl (C=O) groups excluding carboxylic acids is 2. The van der Waals surface area contributed by atoms with Gasteiger partial charge in [0.1, 0.15) is 53.5 Å². The number of aryl methyl sites for hydroxylation is 1. The third-order valence-corrected chi connectivity index (χ3v) is 17.4. The summed E-state index contributed by atoms with van der Waals surface area (Å²) in [6.45, 7) is 33.6. The second-order valence-electron chi connectivity index (χ2n) is 26.9. The van der Waals surface area contributed by atoms with Crippen LogP contribution in [0.15, 0.2) is 108 Å². The maximum absolute atomic E-state index is 14.6. The molecule has 3 aromatic heterocycles. The summed E-state index contributed by atoms with van der Waals surface area (Å²) in [4.78, 5) is 58.3. The van der Waals surface area contributed by atoms with Crippen molar-refractivity contribution in [2.75, 3.05) is 55.9 Å². The summed E-state index contributed by atoms with van der Waals surface area (Å²) in [6.07, 6.45) is 7.33. The number of rotatable bonds is 15. The fraction of sp³-hybridized carbons (Fsp3) is 0.444. The predicted octanol–water partition coefficient (Wildman–Crippen LogP) is 10.1. The van der Waals surface area contributed by atoms with Gasteiger partial charge in [0.2, 0.25) is 0 Å². The number of ether oxygens (including phenoxy) is 6. The van der Waals surface area contributed by atoms with E-state index in [1.165, 1.54) is 43.8 Å². The number of nitrogens with two attached hydrogens (primary N) is 2. The van der Waals surface area contributed by atoms with Crippen molar-refractivity contribution in [1.82, 2.24) is 29.9 Å². The summed E-state index contributed by atoms with van der Waals surface area (Å²) in [6, 6.07) is 20.4. The van der Waals surface area contributed by atoms with Crippen LogP contribution in [-0.4, -0.2) is 148 Å². The lowest BCUT2D eigenvalue weighted by atomic mass is 9.79. The molecule has 4 aromatic carbocycles. The van der Waals surface area contributed by atoms with E-state index in [1.807, 2.05) is 120 Å². The van der Waals surface area contributed by atoms with Gasteiger partial charge in [0.05, 0.1) is 119 Å². The van der Waals surface area contributed by atoms with E-state index in [-0.39, 0.29) is 58.8 Å². The molecule has 0 radical (unpaired) electrons. The number of halogens is 3. The average Bonchev–Trinajstić information content (AvgIpc) is 1.64. The van der Waals surface area contributed by atoms with Gasteiger partial charge < -0.3 is 63.4 Å². The minimum atomic E-state index is -0.672. The van der Waals surface area contributed by atoms with Crippen LogP contribution in [0.1, 0.15) is 159 Å². The molecule has 9 heterocycles. The predicted molar refractivity (Wildman–Crippen MR) is 376 cm³/mol. The topological polar surface area (TPSA) is 284 Å². The number of esters is 1. The molecule has 0 atom stereocenters. The van der Waals surface area contributed by atoms with Crippen molar-refractivity contribution >= 4 is 65.7 Å². The Hall–Kier alpha value is -8.92. The average molecular weight is 1380 g/mol. The van der Waals surface area contributed by atoms with Crippen molar-refractivity contribution < 1.29 is 69.8 Å². The highest BCUT2D eigenvalue weighted by Gasteiger charge is 2.53. The van der Waals surface area contributed by atoms with E-state index in [1.54, 1.807) is 30.6 Å². The molecule has 23 nitrogen and oxygen atoms in total. The van der Waals surface area contributed by atoms with E-state index in [4.69, 9.17) is 58.5 Å². The molecule has 0 amide bonds. The van der Waals surface area contributed by atoms with Crippen LogP contribution in [0.4, 0.5) is 30.5 Å². The lowest BCUT2D eigenvalue weighted by Crippen LogP contribution is -2.41. The van der Waals surface area contributed by atoms with Gasteiger partial charge in [0.15, 0.2) is 17.3 Å². The third kappa shape index (κ3) is 18.2. The number of carbonyl (C=O) groups is 2. The summed E-state index contributed by atoms with van der Waals surface area (Å²) < 4.78 is 97.6. The molecule has 0 aliphatic carbocycles. The first-order valence-electron chi connectivity index (χ1n) is 33.3. The van der Waals surface area contributed by atoms with Crippen LogP contribution < -0.4 is 46.2 Å². The van der Waals surface area contributed by atoms with Crippen molar-refractivity contribution in [2.45, 2.75) is 171 Å². The molecular weight excluding hydrogens is 1290 g/mol. The molecule has 100 heavy (non-hydrogen) atoms. The van der Waals surface area contributed by atoms with Gasteiger partial charge >= 0.3 is 26.2 Å². The Morgan fingerprint density at radius 1 is 0.620 bits per heavy atom. The molecule has 7 aromatic rings. The number of nitrogens with zero attached hydrogens (tertiary/aromatic N) is 9. The Labute approximate surface area is 582 Å². The van der Waals surface area contributed by atoms with Crippen LogP contribution in [0.25, 0.3) is 0 Å². The van der Waals surface area contributed by atoms with Crippen molar-refractivity contribution in [2.24, 2.45) is 9.98 Å². The van der Waals surface area contributed by atoms with Crippen molar-refractivity contribution in [1.29, 1.82) is 0 Å². The number of Topliss-reactive ketones (excluding diaryl/α,β-unsaturated/α-hetero) is 1. The standard InChI is InChI=1S/C16H16FN5O.C16H18N4O.C15H20BFO4.C13H21BN2O3.C12H13FO3/c17-11-7-10(1-2-13(11)22-3-5-23-6-4-22)15-14-12(8-19-15)20-9-21-16(14)18;1-9(2)21-13-5-4-11(6-10(13)3)15-14-12(7-18-15)19-8-20-16(14)17;1-14(2)15(3,4)21-16(20-14)10-5-6-13(12(17)7-10)19-11-8-18-9-11;1-9(2)17-11-15-7-10(8-16-11)14-18-12(3,4)13(5,6)19-14;1-3-5-11(15)16-10-7-4-6-9(13)12(10)8(2)14/h1-2,7,9H,3-6,8H2,(H2,18,20,21);4-6,8-9H,7H2,1-3H3,(H2,17,19,20);5-7,11H,8-9H2,1-4H3;7-9H,1-6H3;4,6-7H,3,5H2,1-2H3. The molecule has 6 aliphatic rings. The van der Waals surface area contributed by atoms with E-state index in [0.29, 0.717) is 105 Å². The van der Waals surface area contributed by atoms with E-state index in [9.17, 15) is 22.8 Å². The Kier molecular flexibility index (Phi) is 24.2. The fourth-order valence-electron chi connectivity index (χ4n) is 10.7. The molecule has 6 aliphatic heterocycles. The molecule has 0 unspecified atom stereocenters. The number of morpholine rings is 1. The van der Waals surface area contributed by atoms with Crippen LogP contribution in [0.5, 0.6) is 23.3 Å². The van der Waals surface area contributed by atoms with E-state index < -0.39 is 48.8 Å². The third-order valence-electron chi connectivity index (χ3n) is 17.4. The molecule has 4 fully saturated rings. The molecule has 13 rings (SSSR count). The van der Waals surface area contributed by atoms with E-state index in [2.05, 4.69) is 46.0 Å². The molecule has 4 N–H and O–H groups in total. The summed E-state index contributed by atoms with van der Waals surface area (Å²) >= 11 is 0. The second-order valence-corrected chi connectivity index (χ2v) is 26.9. The number of fused-ring (bicyclic) bond motifs is 2. The van der Waals surface area contributed by atoms with Gasteiger partial charge in [-0.2, -0.15) is 0 Å². The van der Waals surface area contributed by atoms with Crippen LogP contribution in [-0.2, 0) is 46.0 Å². The molecule has 28 heteroatoms. The number of anilines is 3. The molecule has 0 saturated carbocycles. The van der Waals surface area contributed by atoms with Crippen LogP contribution in [0.3, 0.4) is 0 Å². The van der Waals surface area contributed by atoms with Crippen LogP contribution in [0.2, 0.25) is 0 Å². The highest BCUT2D eigenvalue weighted by molar-refractivity contribution is 6.62. The fourth-order valence-corrected chi connectivity index (χ4v) is 10.7. The lowest BCUT2D eigenvalue weighted by Gasteiger charge is -2.32. The van der Waals surface area contributed by atoms with Crippen molar-refractivity contribution in [3.05, 3.63) is 160 Å². The van der Waals surface area contributed by atoms with Gasteiger partial charge in [-0.05, 0) is 169 Å². The van der Waals surface area contributed by atoms with Gasteiger partial charge in [-0.15, -0.1) is 0 Å². The quantitative estimate of drug-likeness (QED) is 0.0417. The Bertz CT molecular complexity index is 4090. The maximum Gasteiger partial charge on any atom is 0.498 e. The van der Waals surface area contributed by atoms with E-state index >= 15 is 0 Å². The Morgan fingerprint density at radius 3 is 1.64 bits per heavy atom. The van der Waals surface area contributed by atoms with Gasteiger partial charge in [-0.3, -0.25) is 19.6 Å². The summed E-state index contributed by atoms with van der Waals surface area (Å²) in [5, 5.41) is 0. The molecule has 4 saturated heterocycles. The number of nitrogen functional groups attached to an aromatic ring is 2. The number of aromatic nitrogens is 6. The highest BCUT2D eigenvalue weighted by Crippen LogP contribution is 2.39. The minimum absolute atomic E-state index is 0.00838. The molecule has 0 spiro atoms. The van der Waals surface area contributed by atoms with Gasteiger partial charge in [0.25, 0.3) is 0 Å². The lowest BCUT2D eigenvalue weighted by molar-refractivity contribution is -0.134. The van der Waals surface area contributed by atoms with Gasteiger partial charge in [-0.25, -0.2) is 43.1 Å². The van der Waals surface area contributed by atoms with Gasteiger partial charge in [0, 0.05) is 48.5 Å². The summed E-state index contributed by atoms with van der Waals surface area (Å²) in [7, 11) is -0.997. The monoisotopic (exact) mass is 1380 g/mol. The largest absolute Gasteiger partial charge is 0.498 e. The highest BCUT2D eigenvalue weighted by atomic mass is 19.1. The molecule has 530 valence electrons. The minimum Gasteiger partial charge on any atom is -0.491 e. The van der Waals surface area contributed by atoms with Crippen molar-refractivity contribution in [3.8, 4) is 23.3 Å². The summed E-state index contributed by atoms with van der Waals surface area (Å²) in [5.41, 5.74) is 19.7. The molecular formula is C72H88B2F3N11O12. The van der Waals surface area contributed by atoms with Crippen molar-refractivity contribution in [3.63, 3.8) is 0 Å². The number of aliphatic imine (C=N–C) groups is 2. The van der Waals surface area contributed by atoms with Gasteiger partial charge in [-0.1, -0.05) is 25.1 Å². The first kappa shape index (κ1) is 75.3. The van der Waals surface area contributed by atoms with E-state index in [0.717, 1.165) is 51.1 Å². The Balaban J connectivity index is 0.000000147. The first-order chi connectivity index (χ1) is 47.3. The first-order valence-corrected chi connectivity index (χ1v) is 33.3. The number of hydrogen-bond donors (Lipinski definition) is 2. The molecule has 0 bridgehead atoms. The SMILES string of the molecule is CC(C)Oc1ncc(B2OC(C)(C)C(C)(C)O2)cn1.CC1(C)OB(c2ccc(OC3COC3)c(F)c2)OC1(C)C.CCCC(=O)Oc1cccc(F)c1C(C)=O.Cc1cc(C2=NCc3ncnc(N)c32)ccc1OC(C)C.Nc1ncnc2c1C(c1ccc(N3CCOCC3)c(F)c1)=NC2. The number of ketones is 1. The number of hydrogen-bond acceptors (Lipinski definition) is 23.